The van der Waals surface area contributed by atoms with E-state index in [0.717, 1.165) is 5.56 Å². The first kappa shape index (κ1) is 17.5. The second kappa shape index (κ2) is 8.10. The summed E-state index contributed by atoms with van der Waals surface area (Å²) in [5.41, 5.74) is 1.08. The Labute approximate surface area is 140 Å². The predicted molar refractivity (Wildman–Crippen MR) is 88.2 cm³/mol. The molecule has 2 aromatic rings. The highest BCUT2D eigenvalue weighted by molar-refractivity contribution is 5.95. The highest BCUT2D eigenvalue weighted by atomic mass is 16.6. The monoisotopic (exact) mass is 332 g/mol. The van der Waals surface area contributed by atoms with Crippen molar-refractivity contribution < 1.29 is 28.5 Å². The number of hydrogen-bond acceptors (Lipinski definition) is 6. The molecule has 0 aromatic heterocycles. The zero-order valence-corrected chi connectivity index (χ0v) is 14.1. The second-order valence-corrected chi connectivity index (χ2v) is 4.79. The van der Waals surface area contributed by atoms with Crippen LogP contribution in [-0.4, -0.2) is 34.4 Å². The van der Waals surface area contributed by atoms with Crippen molar-refractivity contribution in [2.24, 2.45) is 0 Å². The fourth-order valence-electron chi connectivity index (χ4n) is 2.28. The van der Waals surface area contributed by atoms with Crippen LogP contribution in [0.4, 0.5) is 0 Å². The molecule has 0 unspecified atom stereocenters. The maximum Gasteiger partial charge on any atom is 0.342 e. The van der Waals surface area contributed by atoms with E-state index in [4.69, 9.17) is 23.7 Å². The van der Waals surface area contributed by atoms with Gasteiger partial charge in [-0.15, -0.1) is 0 Å². The average Bonchev–Trinajstić information content (AvgIpc) is 2.64. The van der Waals surface area contributed by atoms with E-state index in [2.05, 4.69) is 0 Å². The van der Waals surface area contributed by atoms with Crippen molar-refractivity contribution in [2.75, 3.05) is 28.4 Å². The highest BCUT2D eigenvalue weighted by Gasteiger charge is 2.26. The van der Waals surface area contributed by atoms with Gasteiger partial charge in [0.05, 0.1) is 28.4 Å². The summed E-state index contributed by atoms with van der Waals surface area (Å²) in [6, 6.07) is 10.9. The van der Waals surface area contributed by atoms with Crippen molar-refractivity contribution in [2.45, 2.75) is 6.61 Å². The van der Waals surface area contributed by atoms with E-state index in [1.807, 2.05) is 30.3 Å². The Bertz CT molecular complexity index is 696. The van der Waals surface area contributed by atoms with Crippen molar-refractivity contribution in [3.63, 3.8) is 0 Å². The lowest BCUT2D eigenvalue weighted by Crippen LogP contribution is -2.09. The Morgan fingerprint density at radius 2 is 1.46 bits per heavy atom. The molecule has 128 valence electrons. The maximum absolute atomic E-state index is 12.5. The van der Waals surface area contributed by atoms with Gasteiger partial charge >= 0.3 is 5.97 Å². The summed E-state index contributed by atoms with van der Waals surface area (Å²) in [5, 5.41) is 0. The van der Waals surface area contributed by atoms with Crippen LogP contribution in [0.3, 0.4) is 0 Å². The van der Waals surface area contributed by atoms with Gasteiger partial charge in [-0.1, -0.05) is 30.3 Å². The summed E-state index contributed by atoms with van der Waals surface area (Å²) in [4.78, 5) is 12.5. The van der Waals surface area contributed by atoms with Crippen molar-refractivity contribution in [1.82, 2.24) is 0 Å². The molecule has 0 aliphatic carbocycles. The minimum Gasteiger partial charge on any atom is -0.493 e. The number of benzene rings is 2. The third-order valence-corrected chi connectivity index (χ3v) is 3.42. The van der Waals surface area contributed by atoms with E-state index in [1.165, 1.54) is 34.5 Å². The van der Waals surface area contributed by atoms with Crippen LogP contribution in [0.5, 0.6) is 23.0 Å². The van der Waals surface area contributed by atoms with Crippen molar-refractivity contribution >= 4 is 5.97 Å². The van der Waals surface area contributed by atoms with Gasteiger partial charge in [-0.25, -0.2) is 4.79 Å². The van der Waals surface area contributed by atoms with Crippen LogP contribution in [0.25, 0.3) is 0 Å². The molecule has 0 spiro atoms. The number of esters is 1. The molecule has 0 fully saturated rings. The summed E-state index contributed by atoms with van der Waals surface area (Å²) >= 11 is 0. The first-order valence-corrected chi connectivity index (χ1v) is 7.24. The molecule has 0 aliphatic heterocycles. The van der Waals surface area contributed by atoms with Crippen LogP contribution in [0.1, 0.15) is 15.9 Å². The summed E-state index contributed by atoms with van der Waals surface area (Å²) in [6.45, 7) is 0.152. The first-order valence-electron chi connectivity index (χ1n) is 7.24. The molecular weight excluding hydrogens is 312 g/mol. The fourth-order valence-corrected chi connectivity index (χ4v) is 2.28. The van der Waals surface area contributed by atoms with Gasteiger partial charge in [0.15, 0.2) is 11.5 Å². The number of carbonyl (C=O) groups excluding carboxylic acids is 1. The number of carbonyl (C=O) groups is 1. The molecule has 0 aliphatic rings. The third-order valence-electron chi connectivity index (χ3n) is 3.42. The standard InChI is InChI=1S/C18H20O6/c1-20-14-10-13(15(21-2)17(23-4)16(14)22-3)18(19)24-11-12-8-6-5-7-9-12/h5-10H,11H2,1-4H3. The number of methoxy groups -OCH3 is 4. The molecule has 0 saturated carbocycles. The molecular formula is C18H20O6. The van der Waals surface area contributed by atoms with Gasteiger partial charge in [-0.3, -0.25) is 0 Å². The molecule has 24 heavy (non-hydrogen) atoms. The lowest BCUT2D eigenvalue weighted by atomic mass is 10.1. The summed E-state index contributed by atoms with van der Waals surface area (Å²) in [5.74, 6) is 0.646. The Morgan fingerprint density at radius 1 is 0.833 bits per heavy atom. The van der Waals surface area contributed by atoms with E-state index in [0.29, 0.717) is 11.5 Å². The van der Waals surface area contributed by atoms with E-state index < -0.39 is 5.97 Å². The third kappa shape index (κ3) is 3.53. The zero-order chi connectivity index (χ0) is 17.5. The topological polar surface area (TPSA) is 63.2 Å². The summed E-state index contributed by atoms with van der Waals surface area (Å²) in [6.07, 6.45) is 0. The van der Waals surface area contributed by atoms with Crippen LogP contribution in [-0.2, 0) is 11.3 Å². The maximum atomic E-state index is 12.5. The number of hydrogen-bond donors (Lipinski definition) is 0. The first-order chi connectivity index (χ1) is 11.7. The molecule has 0 amide bonds. The van der Waals surface area contributed by atoms with Gasteiger partial charge in [0.1, 0.15) is 12.2 Å². The summed E-state index contributed by atoms with van der Waals surface area (Å²) in [7, 11) is 5.85. The smallest absolute Gasteiger partial charge is 0.342 e. The second-order valence-electron chi connectivity index (χ2n) is 4.79. The van der Waals surface area contributed by atoms with Crippen LogP contribution >= 0.6 is 0 Å². The van der Waals surface area contributed by atoms with E-state index in [-0.39, 0.29) is 23.7 Å². The average molecular weight is 332 g/mol. The molecule has 6 nitrogen and oxygen atoms in total. The molecule has 0 radical (unpaired) electrons. The van der Waals surface area contributed by atoms with Crippen molar-refractivity contribution in [3.05, 3.63) is 47.5 Å². The molecule has 0 heterocycles. The normalized spacial score (nSPS) is 10.0. The molecule has 0 N–H and O–H groups in total. The van der Waals surface area contributed by atoms with Crippen molar-refractivity contribution in [3.8, 4) is 23.0 Å². The Kier molecular flexibility index (Phi) is 5.89. The van der Waals surface area contributed by atoms with Gasteiger partial charge in [0, 0.05) is 6.07 Å². The SMILES string of the molecule is COc1cc(C(=O)OCc2ccccc2)c(OC)c(OC)c1OC. The largest absolute Gasteiger partial charge is 0.493 e. The van der Waals surface area contributed by atoms with Crippen LogP contribution in [0.2, 0.25) is 0 Å². The zero-order valence-electron chi connectivity index (χ0n) is 14.1. The van der Waals surface area contributed by atoms with Crippen LogP contribution < -0.4 is 18.9 Å². The van der Waals surface area contributed by atoms with E-state index >= 15 is 0 Å². The molecule has 6 heteroatoms. The molecule has 2 rings (SSSR count). The van der Waals surface area contributed by atoms with Gasteiger partial charge in [0.25, 0.3) is 0 Å². The Balaban J connectivity index is 2.35. The van der Waals surface area contributed by atoms with Gasteiger partial charge < -0.3 is 23.7 Å². The summed E-state index contributed by atoms with van der Waals surface area (Å²) < 4.78 is 26.5. The minimum atomic E-state index is -0.546. The van der Waals surface area contributed by atoms with Crippen molar-refractivity contribution in [1.29, 1.82) is 0 Å². The van der Waals surface area contributed by atoms with Crippen LogP contribution in [0, 0.1) is 0 Å². The lowest BCUT2D eigenvalue weighted by Gasteiger charge is -2.18. The predicted octanol–water partition coefficient (Wildman–Crippen LogP) is 3.08. The minimum absolute atomic E-state index is 0.152. The lowest BCUT2D eigenvalue weighted by molar-refractivity contribution is 0.0467. The van der Waals surface area contributed by atoms with Gasteiger partial charge in [0.2, 0.25) is 11.5 Å². The number of ether oxygens (including phenoxy) is 5. The fraction of sp³-hybridized carbons (Fsp3) is 0.278. The highest BCUT2D eigenvalue weighted by Crippen LogP contribution is 2.46. The van der Waals surface area contributed by atoms with Crippen LogP contribution in [0.15, 0.2) is 36.4 Å². The molecule has 2 aromatic carbocycles. The molecule has 0 saturated heterocycles. The van der Waals surface area contributed by atoms with E-state index in [9.17, 15) is 4.79 Å². The van der Waals surface area contributed by atoms with Gasteiger partial charge in [-0.2, -0.15) is 0 Å². The number of rotatable bonds is 7. The Hall–Kier alpha value is -2.89. The van der Waals surface area contributed by atoms with Gasteiger partial charge in [-0.05, 0) is 5.56 Å². The molecule has 0 bridgehead atoms. The molecule has 0 atom stereocenters. The van der Waals surface area contributed by atoms with E-state index in [1.54, 1.807) is 0 Å². The Morgan fingerprint density at radius 3 is 2.00 bits per heavy atom. The quantitative estimate of drug-likeness (QED) is 0.726.